The first-order valence-electron chi connectivity index (χ1n) is 6.55. The van der Waals surface area contributed by atoms with Crippen molar-refractivity contribution in [2.45, 2.75) is 6.18 Å². The molecule has 0 unspecified atom stereocenters. The number of amides is 1. The lowest BCUT2D eigenvalue weighted by atomic mass is 10.1. The molecule has 7 heteroatoms. The molecule has 0 fully saturated rings. The highest BCUT2D eigenvalue weighted by atomic mass is 19.4. The summed E-state index contributed by atoms with van der Waals surface area (Å²) in [5.41, 5.74) is 2.06. The Morgan fingerprint density at radius 1 is 1.17 bits per heavy atom. The van der Waals surface area contributed by atoms with Crippen molar-refractivity contribution < 1.29 is 22.7 Å². The predicted octanol–water partition coefficient (Wildman–Crippen LogP) is 3.48. The van der Waals surface area contributed by atoms with E-state index in [4.69, 9.17) is 4.74 Å². The number of nitrogens with one attached hydrogen (secondary N) is 1. The topological polar surface area (TPSA) is 50.7 Å². The molecule has 4 nitrogen and oxygen atoms in total. The standard InChI is InChI=1S/C16H13F3N2O2/c1-23-14-7-5-12(6-8-14)15(22)21-20-10-11-3-2-4-13(9-11)16(17,18)19/h2-10H,1H3,(H,21,22). The van der Waals surface area contributed by atoms with Crippen LogP contribution in [0.4, 0.5) is 13.2 Å². The van der Waals surface area contributed by atoms with Crippen molar-refractivity contribution in [3.63, 3.8) is 0 Å². The average Bonchev–Trinajstić information content (AvgIpc) is 2.54. The molecule has 0 aliphatic rings. The van der Waals surface area contributed by atoms with Crippen LogP contribution in [0.2, 0.25) is 0 Å². The average molecular weight is 322 g/mol. The molecular weight excluding hydrogens is 309 g/mol. The number of hydrogen-bond donors (Lipinski definition) is 1. The molecule has 2 rings (SSSR count). The summed E-state index contributed by atoms with van der Waals surface area (Å²) < 4.78 is 42.7. The Morgan fingerprint density at radius 3 is 2.48 bits per heavy atom. The van der Waals surface area contributed by atoms with E-state index < -0.39 is 17.6 Å². The van der Waals surface area contributed by atoms with Crippen molar-refractivity contribution in [3.05, 3.63) is 65.2 Å². The maximum Gasteiger partial charge on any atom is 0.416 e. The monoisotopic (exact) mass is 322 g/mol. The zero-order valence-corrected chi connectivity index (χ0v) is 12.1. The van der Waals surface area contributed by atoms with E-state index in [-0.39, 0.29) is 5.56 Å². The minimum Gasteiger partial charge on any atom is -0.497 e. The smallest absolute Gasteiger partial charge is 0.416 e. The zero-order valence-electron chi connectivity index (χ0n) is 12.1. The normalized spacial score (nSPS) is 11.5. The fourth-order valence-electron chi connectivity index (χ4n) is 1.77. The van der Waals surface area contributed by atoms with E-state index in [1.54, 1.807) is 24.3 Å². The molecule has 1 N–H and O–H groups in total. The highest BCUT2D eigenvalue weighted by Gasteiger charge is 2.30. The number of benzene rings is 2. The van der Waals surface area contributed by atoms with Crippen LogP contribution >= 0.6 is 0 Å². The van der Waals surface area contributed by atoms with Crippen molar-refractivity contribution >= 4 is 12.1 Å². The van der Waals surface area contributed by atoms with Crippen LogP contribution in [0.15, 0.2) is 53.6 Å². The lowest BCUT2D eigenvalue weighted by molar-refractivity contribution is -0.137. The number of carbonyl (C=O) groups excluding carboxylic acids is 1. The highest BCUT2D eigenvalue weighted by molar-refractivity contribution is 5.95. The van der Waals surface area contributed by atoms with Gasteiger partial charge in [-0.15, -0.1) is 0 Å². The fourth-order valence-corrected chi connectivity index (χ4v) is 1.77. The second-order valence-electron chi connectivity index (χ2n) is 4.55. The van der Waals surface area contributed by atoms with Gasteiger partial charge in [-0.2, -0.15) is 18.3 Å². The van der Waals surface area contributed by atoms with Crippen molar-refractivity contribution in [2.24, 2.45) is 5.10 Å². The third-order valence-electron chi connectivity index (χ3n) is 2.95. The number of rotatable bonds is 4. The first-order chi connectivity index (χ1) is 10.9. The Morgan fingerprint density at radius 2 is 1.87 bits per heavy atom. The lowest BCUT2D eigenvalue weighted by Crippen LogP contribution is -2.17. The number of carbonyl (C=O) groups is 1. The van der Waals surface area contributed by atoms with Crippen LogP contribution in [0.5, 0.6) is 5.75 Å². The van der Waals surface area contributed by atoms with Crippen molar-refractivity contribution in [1.29, 1.82) is 0 Å². The molecule has 0 saturated carbocycles. The SMILES string of the molecule is COc1ccc(C(=O)NN=Cc2cccc(C(F)(F)F)c2)cc1. The fraction of sp³-hybridized carbons (Fsp3) is 0.125. The summed E-state index contributed by atoms with van der Waals surface area (Å²) in [6.07, 6.45) is -3.27. The van der Waals surface area contributed by atoms with Gasteiger partial charge in [0.25, 0.3) is 5.91 Å². The van der Waals surface area contributed by atoms with E-state index in [2.05, 4.69) is 10.5 Å². The Hall–Kier alpha value is -2.83. The quantitative estimate of drug-likeness (QED) is 0.692. The zero-order chi connectivity index (χ0) is 16.9. The summed E-state index contributed by atoms with van der Waals surface area (Å²) in [6.45, 7) is 0. The van der Waals surface area contributed by atoms with Crippen LogP contribution < -0.4 is 10.2 Å². The van der Waals surface area contributed by atoms with Crippen LogP contribution in [0.1, 0.15) is 21.5 Å². The van der Waals surface area contributed by atoms with Gasteiger partial charge in [0, 0.05) is 5.56 Å². The summed E-state index contributed by atoms with van der Waals surface area (Å²) in [5, 5.41) is 3.66. The summed E-state index contributed by atoms with van der Waals surface area (Å²) in [7, 11) is 1.51. The Bertz CT molecular complexity index is 710. The minimum absolute atomic E-state index is 0.231. The van der Waals surface area contributed by atoms with E-state index in [0.29, 0.717) is 11.3 Å². The lowest BCUT2D eigenvalue weighted by Gasteiger charge is -2.06. The molecule has 2 aromatic rings. The molecule has 0 aromatic heterocycles. The molecule has 0 bridgehead atoms. The highest BCUT2D eigenvalue weighted by Crippen LogP contribution is 2.29. The minimum atomic E-state index is -4.42. The largest absolute Gasteiger partial charge is 0.497 e. The molecule has 0 aliphatic carbocycles. The van der Waals surface area contributed by atoms with Gasteiger partial charge in [0.05, 0.1) is 18.9 Å². The molecule has 120 valence electrons. The maximum atomic E-state index is 12.6. The number of hydrazone groups is 1. The summed E-state index contributed by atoms with van der Waals surface area (Å²) in [4.78, 5) is 11.8. The van der Waals surface area contributed by atoms with Crippen LogP contribution in [0.3, 0.4) is 0 Å². The molecule has 23 heavy (non-hydrogen) atoms. The number of ether oxygens (including phenoxy) is 1. The molecule has 0 spiro atoms. The van der Waals surface area contributed by atoms with Gasteiger partial charge < -0.3 is 4.74 Å². The number of halogens is 3. The first kappa shape index (κ1) is 16.5. The maximum absolute atomic E-state index is 12.6. The molecule has 0 radical (unpaired) electrons. The van der Waals surface area contributed by atoms with E-state index in [0.717, 1.165) is 18.3 Å². The van der Waals surface area contributed by atoms with Crippen LogP contribution in [-0.2, 0) is 6.18 Å². The molecule has 0 aliphatic heterocycles. The van der Waals surface area contributed by atoms with Gasteiger partial charge in [0.1, 0.15) is 5.75 Å². The van der Waals surface area contributed by atoms with Gasteiger partial charge in [-0.1, -0.05) is 12.1 Å². The van der Waals surface area contributed by atoms with Gasteiger partial charge in [-0.25, -0.2) is 5.43 Å². The van der Waals surface area contributed by atoms with Gasteiger partial charge in [-0.3, -0.25) is 4.79 Å². The van der Waals surface area contributed by atoms with Gasteiger partial charge >= 0.3 is 6.18 Å². The van der Waals surface area contributed by atoms with Gasteiger partial charge in [0.15, 0.2) is 0 Å². The summed E-state index contributed by atoms with van der Waals surface area (Å²) >= 11 is 0. The third kappa shape index (κ3) is 4.57. The van der Waals surface area contributed by atoms with E-state index in [9.17, 15) is 18.0 Å². The van der Waals surface area contributed by atoms with Crippen molar-refractivity contribution in [3.8, 4) is 5.75 Å². The number of methoxy groups -OCH3 is 1. The third-order valence-corrected chi connectivity index (χ3v) is 2.95. The number of alkyl halides is 3. The number of hydrogen-bond acceptors (Lipinski definition) is 3. The van der Waals surface area contributed by atoms with E-state index >= 15 is 0 Å². The van der Waals surface area contributed by atoms with Crippen molar-refractivity contribution in [2.75, 3.05) is 7.11 Å². The molecule has 0 atom stereocenters. The number of nitrogens with zero attached hydrogens (tertiary/aromatic N) is 1. The van der Waals surface area contributed by atoms with Crippen LogP contribution in [0.25, 0.3) is 0 Å². The molecular formula is C16H13F3N2O2. The molecule has 2 aromatic carbocycles. The predicted molar refractivity (Wildman–Crippen MR) is 79.5 cm³/mol. The Kier molecular flexibility index (Phi) is 5.00. The second kappa shape index (κ2) is 6.95. The molecule has 1 amide bonds. The summed E-state index contributed by atoms with van der Waals surface area (Å²) in [5.74, 6) is 0.130. The van der Waals surface area contributed by atoms with Crippen LogP contribution in [-0.4, -0.2) is 19.2 Å². The van der Waals surface area contributed by atoms with Crippen LogP contribution in [0, 0.1) is 0 Å². The Balaban J connectivity index is 2.02. The van der Waals surface area contributed by atoms with E-state index in [1.807, 2.05) is 0 Å². The van der Waals surface area contributed by atoms with Crippen molar-refractivity contribution in [1.82, 2.24) is 5.43 Å². The molecule has 0 heterocycles. The second-order valence-corrected chi connectivity index (χ2v) is 4.55. The summed E-state index contributed by atoms with van der Waals surface area (Å²) in [6, 6.07) is 11.0. The Labute approximate surface area is 130 Å². The first-order valence-corrected chi connectivity index (χ1v) is 6.55. The van der Waals surface area contributed by atoms with Gasteiger partial charge in [-0.05, 0) is 42.0 Å². The molecule has 0 saturated heterocycles. The van der Waals surface area contributed by atoms with Gasteiger partial charge in [0.2, 0.25) is 0 Å². The van der Waals surface area contributed by atoms with E-state index in [1.165, 1.54) is 19.2 Å².